The monoisotopic (exact) mass is 273 g/mol. The molecule has 3 rings (SSSR count). The van der Waals surface area contributed by atoms with Crippen molar-refractivity contribution in [3.05, 3.63) is 35.9 Å². The van der Waals surface area contributed by atoms with Crippen LogP contribution in [0, 0.1) is 11.8 Å². The molecule has 0 amide bonds. The fraction of sp³-hybridized carbons (Fsp3) is 0.647. The predicted molar refractivity (Wildman–Crippen MR) is 83.7 cm³/mol. The molecule has 0 aromatic heterocycles. The van der Waals surface area contributed by atoms with Crippen LogP contribution in [0.2, 0.25) is 0 Å². The molecule has 20 heavy (non-hydrogen) atoms. The Bertz CT molecular complexity index is 398. The van der Waals surface area contributed by atoms with E-state index in [4.69, 9.17) is 0 Å². The van der Waals surface area contributed by atoms with E-state index in [2.05, 4.69) is 52.4 Å². The minimum atomic E-state index is 0.845. The van der Waals surface area contributed by atoms with Gasteiger partial charge in [-0.05, 0) is 30.5 Å². The van der Waals surface area contributed by atoms with Crippen LogP contribution in [-0.2, 0) is 6.54 Å². The van der Waals surface area contributed by atoms with Gasteiger partial charge < -0.3 is 10.2 Å². The Morgan fingerprint density at radius 1 is 1.00 bits per heavy atom. The number of hydrogen-bond acceptors (Lipinski definition) is 3. The Morgan fingerprint density at radius 3 is 2.35 bits per heavy atom. The van der Waals surface area contributed by atoms with Crippen molar-refractivity contribution in [2.45, 2.75) is 13.5 Å². The number of piperazine rings is 1. The van der Waals surface area contributed by atoms with Crippen LogP contribution in [0.3, 0.4) is 0 Å². The Labute approximate surface area is 123 Å². The highest BCUT2D eigenvalue weighted by Crippen LogP contribution is 2.18. The largest absolute Gasteiger partial charge is 0.316 e. The summed E-state index contributed by atoms with van der Waals surface area (Å²) in [5, 5.41) is 3.52. The first-order chi connectivity index (χ1) is 9.81. The third kappa shape index (κ3) is 3.60. The van der Waals surface area contributed by atoms with Crippen LogP contribution in [0.25, 0.3) is 0 Å². The molecule has 2 heterocycles. The van der Waals surface area contributed by atoms with Crippen molar-refractivity contribution in [1.82, 2.24) is 15.1 Å². The summed E-state index contributed by atoms with van der Waals surface area (Å²) in [4.78, 5) is 5.25. The van der Waals surface area contributed by atoms with E-state index in [0.29, 0.717) is 0 Å². The third-order valence-electron chi connectivity index (χ3n) is 4.88. The third-order valence-corrected chi connectivity index (χ3v) is 4.88. The minimum Gasteiger partial charge on any atom is -0.316 e. The van der Waals surface area contributed by atoms with Gasteiger partial charge in [-0.3, -0.25) is 4.90 Å². The van der Waals surface area contributed by atoms with Crippen LogP contribution in [0.1, 0.15) is 12.5 Å². The normalized spacial score (nSPS) is 28.9. The second kappa shape index (κ2) is 6.70. The highest BCUT2D eigenvalue weighted by Gasteiger charge is 2.26. The zero-order valence-electron chi connectivity index (χ0n) is 12.6. The maximum absolute atomic E-state index is 3.52. The van der Waals surface area contributed by atoms with Crippen LogP contribution in [-0.4, -0.2) is 55.6 Å². The van der Waals surface area contributed by atoms with Crippen molar-refractivity contribution in [2.75, 3.05) is 45.8 Å². The molecular weight excluding hydrogens is 246 g/mol. The molecule has 0 unspecified atom stereocenters. The van der Waals surface area contributed by atoms with Gasteiger partial charge in [-0.1, -0.05) is 37.3 Å². The fourth-order valence-electron chi connectivity index (χ4n) is 3.41. The molecule has 3 heteroatoms. The molecule has 1 aromatic carbocycles. The second-order valence-corrected chi connectivity index (χ2v) is 6.46. The van der Waals surface area contributed by atoms with Gasteiger partial charge in [-0.2, -0.15) is 0 Å². The Hall–Kier alpha value is -0.900. The zero-order valence-corrected chi connectivity index (χ0v) is 12.6. The number of nitrogens with zero attached hydrogens (tertiary/aromatic N) is 2. The molecule has 2 fully saturated rings. The number of benzene rings is 1. The highest BCUT2D eigenvalue weighted by molar-refractivity contribution is 5.14. The lowest BCUT2D eigenvalue weighted by atomic mass is 9.97. The molecule has 0 spiro atoms. The molecule has 1 N–H and O–H groups in total. The molecule has 0 aliphatic carbocycles. The average Bonchev–Trinajstić information content (AvgIpc) is 2.88. The lowest BCUT2D eigenvalue weighted by molar-refractivity contribution is 0.110. The van der Waals surface area contributed by atoms with Gasteiger partial charge in [0.25, 0.3) is 0 Å². The summed E-state index contributed by atoms with van der Waals surface area (Å²) in [6.07, 6.45) is 0. The van der Waals surface area contributed by atoms with E-state index in [-0.39, 0.29) is 0 Å². The summed E-state index contributed by atoms with van der Waals surface area (Å²) in [5.74, 6) is 1.70. The van der Waals surface area contributed by atoms with Crippen LogP contribution in [0.15, 0.2) is 30.3 Å². The minimum absolute atomic E-state index is 0.845. The smallest absolute Gasteiger partial charge is 0.0234 e. The average molecular weight is 273 g/mol. The van der Waals surface area contributed by atoms with E-state index in [1.165, 1.54) is 51.4 Å². The lowest BCUT2D eigenvalue weighted by Gasteiger charge is -2.36. The van der Waals surface area contributed by atoms with Crippen molar-refractivity contribution in [2.24, 2.45) is 11.8 Å². The standard InChI is InChI=1S/C17H27N3/c1-15-11-18-12-17(15)14-20-9-7-19(8-10-20)13-16-5-3-2-4-6-16/h2-6,15,17-18H,7-14H2,1H3/t15-,17+/m1/s1. The molecule has 0 saturated carbocycles. The number of rotatable bonds is 4. The molecular formula is C17H27N3. The molecule has 2 aliphatic rings. The van der Waals surface area contributed by atoms with Crippen molar-refractivity contribution in [3.63, 3.8) is 0 Å². The Balaban J connectivity index is 1.43. The molecule has 110 valence electrons. The number of hydrogen-bond donors (Lipinski definition) is 1. The van der Waals surface area contributed by atoms with Crippen molar-refractivity contribution >= 4 is 0 Å². The van der Waals surface area contributed by atoms with E-state index >= 15 is 0 Å². The molecule has 3 nitrogen and oxygen atoms in total. The lowest BCUT2D eigenvalue weighted by Crippen LogP contribution is -2.47. The number of nitrogens with one attached hydrogen (secondary N) is 1. The Kier molecular flexibility index (Phi) is 4.71. The first kappa shape index (κ1) is 14.1. The van der Waals surface area contributed by atoms with E-state index in [9.17, 15) is 0 Å². The van der Waals surface area contributed by atoms with Gasteiger partial charge in [-0.25, -0.2) is 0 Å². The highest BCUT2D eigenvalue weighted by atomic mass is 15.3. The maximum Gasteiger partial charge on any atom is 0.0234 e. The SMILES string of the molecule is C[C@@H]1CNC[C@H]1CN1CCN(Cc2ccccc2)CC1. The van der Waals surface area contributed by atoms with Gasteiger partial charge in [0.2, 0.25) is 0 Å². The topological polar surface area (TPSA) is 18.5 Å². The second-order valence-electron chi connectivity index (χ2n) is 6.46. The quantitative estimate of drug-likeness (QED) is 0.900. The summed E-state index contributed by atoms with van der Waals surface area (Å²) in [5.41, 5.74) is 1.44. The zero-order chi connectivity index (χ0) is 13.8. The van der Waals surface area contributed by atoms with E-state index < -0.39 is 0 Å². The molecule has 2 saturated heterocycles. The summed E-state index contributed by atoms with van der Waals surface area (Å²) in [7, 11) is 0. The van der Waals surface area contributed by atoms with Gasteiger partial charge in [0.05, 0.1) is 0 Å². The first-order valence-electron chi connectivity index (χ1n) is 8.00. The van der Waals surface area contributed by atoms with Crippen molar-refractivity contribution in [1.29, 1.82) is 0 Å². The molecule has 2 atom stereocenters. The summed E-state index contributed by atoms with van der Waals surface area (Å²) < 4.78 is 0. The predicted octanol–water partition coefficient (Wildman–Crippen LogP) is 1.66. The van der Waals surface area contributed by atoms with Gasteiger partial charge in [0.15, 0.2) is 0 Å². The van der Waals surface area contributed by atoms with Gasteiger partial charge >= 0.3 is 0 Å². The van der Waals surface area contributed by atoms with E-state index in [0.717, 1.165) is 18.4 Å². The van der Waals surface area contributed by atoms with Crippen molar-refractivity contribution < 1.29 is 0 Å². The first-order valence-corrected chi connectivity index (χ1v) is 8.00. The van der Waals surface area contributed by atoms with E-state index in [1.807, 2.05) is 0 Å². The molecule has 0 bridgehead atoms. The van der Waals surface area contributed by atoms with Gasteiger partial charge in [-0.15, -0.1) is 0 Å². The van der Waals surface area contributed by atoms with Crippen LogP contribution in [0.5, 0.6) is 0 Å². The van der Waals surface area contributed by atoms with Gasteiger partial charge in [0, 0.05) is 39.3 Å². The van der Waals surface area contributed by atoms with Crippen LogP contribution < -0.4 is 5.32 Å². The summed E-state index contributed by atoms with van der Waals surface area (Å²) >= 11 is 0. The van der Waals surface area contributed by atoms with Crippen molar-refractivity contribution in [3.8, 4) is 0 Å². The molecule has 2 aliphatic heterocycles. The maximum atomic E-state index is 3.52. The summed E-state index contributed by atoms with van der Waals surface area (Å²) in [6, 6.07) is 10.8. The summed E-state index contributed by atoms with van der Waals surface area (Å²) in [6.45, 7) is 12.1. The van der Waals surface area contributed by atoms with E-state index in [1.54, 1.807) is 0 Å². The van der Waals surface area contributed by atoms with Crippen LogP contribution in [0.4, 0.5) is 0 Å². The fourth-order valence-corrected chi connectivity index (χ4v) is 3.41. The Morgan fingerprint density at radius 2 is 1.70 bits per heavy atom. The van der Waals surface area contributed by atoms with Crippen LogP contribution >= 0.6 is 0 Å². The molecule has 1 aromatic rings. The van der Waals surface area contributed by atoms with Gasteiger partial charge in [0.1, 0.15) is 0 Å². The molecule has 0 radical (unpaired) electrons.